The summed E-state index contributed by atoms with van der Waals surface area (Å²) in [5, 5.41) is 6.41. The van der Waals surface area contributed by atoms with E-state index in [4.69, 9.17) is 4.74 Å². The first kappa shape index (κ1) is 16.3. The van der Waals surface area contributed by atoms with Crippen molar-refractivity contribution in [1.29, 1.82) is 0 Å². The first-order valence-corrected chi connectivity index (χ1v) is 8.28. The van der Waals surface area contributed by atoms with Gasteiger partial charge in [-0.1, -0.05) is 15.9 Å². The molecule has 1 saturated heterocycles. The molecule has 0 bridgehead atoms. The first-order chi connectivity index (χ1) is 10.2. The SMILES string of the molecule is COc1ccc(Br)cc1CC(=O)NCCC1CCCNC1. The Kier molecular flexibility index (Phi) is 6.51. The zero-order valence-corrected chi connectivity index (χ0v) is 14.0. The number of rotatable bonds is 6. The molecule has 0 saturated carbocycles. The molecule has 1 fully saturated rings. The van der Waals surface area contributed by atoms with Gasteiger partial charge >= 0.3 is 0 Å². The first-order valence-electron chi connectivity index (χ1n) is 7.49. The maximum atomic E-state index is 12.0. The van der Waals surface area contributed by atoms with Crippen LogP contribution in [0.3, 0.4) is 0 Å². The van der Waals surface area contributed by atoms with Crippen molar-refractivity contribution in [1.82, 2.24) is 10.6 Å². The molecule has 1 aliphatic heterocycles. The summed E-state index contributed by atoms with van der Waals surface area (Å²) in [5.74, 6) is 1.50. The number of piperidine rings is 1. The Morgan fingerprint density at radius 2 is 2.38 bits per heavy atom. The molecule has 2 rings (SSSR count). The molecule has 21 heavy (non-hydrogen) atoms. The Balaban J connectivity index is 1.77. The van der Waals surface area contributed by atoms with Crippen molar-refractivity contribution in [2.45, 2.75) is 25.7 Å². The minimum atomic E-state index is 0.0511. The molecule has 1 aromatic carbocycles. The lowest BCUT2D eigenvalue weighted by Gasteiger charge is -2.22. The number of amides is 1. The normalized spacial score (nSPS) is 18.3. The van der Waals surface area contributed by atoms with E-state index >= 15 is 0 Å². The third kappa shape index (κ3) is 5.32. The minimum absolute atomic E-state index is 0.0511. The van der Waals surface area contributed by atoms with Gasteiger partial charge in [0.25, 0.3) is 0 Å². The number of methoxy groups -OCH3 is 1. The largest absolute Gasteiger partial charge is 0.496 e. The Hall–Kier alpha value is -1.07. The van der Waals surface area contributed by atoms with Crippen LogP contribution in [-0.2, 0) is 11.2 Å². The zero-order chi connectivity index (χ0) is 15.1. The summed E-state index contributed by atoms with van der Waals surface area (Å²) in [5.41, 5.74) is 0.906. The van der Waals surface area contributed by atoms with Crippen molar-refractivity contribution in [2.75, 3.05) is 26.7 Å². The molecule has 1 amide bonds. The van der Waals surface area contributed by atoms with Crippen LogP contribution in [0.4, 0.5) is 0 Å². The van der Waals surface area contributed by atoms with E-state index in [1.165, 1.54) is 12.8 Å². The number of ether oxygens (including phenoxy) is 1. The lowest BCUT2D eigenvalue weighted by atomic mass is 9.96. The summed E-state index contributed by atoms with van der Waals surface area (Å²) >= 11 is 3.43. The fraction of sp³-hybridized carbons (Fsp3) is 0.562. The molecule has 116 valence electrons. The molecule has 1 aromatic rings. The lowest BCUT2D eigenvalue weighted by molar-refractivity contribution is -0.120. The van der Waals surface area contributed by atoms with Crippen molar-refractivity contribution in [3.63, 3.8) is 0 Å². The number of hydrogen-bond donors (Lipinski definition) is 2. The quantitative estimate of drug-likeness (QED) is 0.825. The van der Waals surface area contributed by atoms with Crippen LogP contribution < -0.4 is 15.4 Å². The highest BCUT2D eigenvalue weighted by molar-refractivity contribution is 9.10. The van der Waals surface area contributed by atoms with Crippen molar-refractivity contribution >= 4 is 21.8 Å². The van der Waals surface area contributed by atoms with Crippen LogP contribution in [0.15, 0.2) is 22.7 Å². The van der Waals surface area contributed by atoms with Crippen molar-refractivity contribution < 1.29 is 9.53 Å². The second-order valence-electron chi connectivity index (χ2n) is 5.48. The number of carbonyl (C=O) groups is 1. The van der Waals surface area contributed by atoms with Gasteiger partial charge < -0.3 is 15.4 Å². The van der Waals surface area contributed by atoms with E-state index in [0.29, 0.717) is 12.3 Å². The van der Waals surface area contributed by atoms with Gasteiger partial charge in [0.15, 0.2) is 0 Å². The molecule has 1 heterocycles. The van der Waals surface area contributed by atoms with Gasteiger partial charge in [0.2, 0.25) is 5.91 Å². The Bertz CT molecular complexity index is 473. The van der Waals surface area contributed by atoms with E-state index in [-0.39, 0.29) is 5.91 Å². The van der Waals surface area contributed by atoms with Crippen LogP contribution in [0.5, 0.6) is 5.75 Å². The van der Waals surface area contributed by atoms with E-state index in [2.05, 4.69) is 26.6 Å². The van der Waals surface area contributed by atoms with Gasteiger partial charge in [0.1, 0.15) is 5.75 Å². The average molecular weight is 355 g/mol. The molecule has 0 aromatic heterocycles. The van der Waals surface area contributed by atoms with Gasteiger partial charge in [0.05, 0.1) is 13.5 Å². The Morgan fingerprint density at radius 1 is 1.52 bits per heavy atom. The predicted molar refractivity (Wildman–Crippen MR) is 87.6 cm³/mol. The average Bonchev–Trinajstić information content (AvgIpc) is 2.48. The summed E-state index contributed by atoms with van der Waals surface area (Å²) < 4.78 is 6.25. The fourth-order valence-electron chi connectivity index (χ4n) is 2.71. The van der Waals surface area contributed by atoms with Crippen molar-refractivity contribution in [3.8, 4) is 5.75 Å². The summed E-state index contributed by atoms with van der Waals surface area (Å²) in [6.45, 7) is 2.96. The third-order valence-electron chi connectivity index (χ3n) is 3.87. The summed E-state index contributed by atoms with van der Waals surface area (Å²) in [7, 11) is 1.63. The van der Waals surface area contributed by atoms with Crippen LogP contribution in [0.1, 0.15) is 24.8 Å². The van der Waals surface area contributed by atoms with Crippen LogP contribution in [0, 0.1) is 5.92 Å². The molecule has 0 radical (unpaired) electrons. The number of hydrogen-bond acceptors (Lipinski definition) is 3. The van der Waals surface area contributed by atoms with Gasteiger partial charge in [-0.15, -0.1) is 0 Å². The second kappa shape index (κ2) is 8.39. The maximum Gasteiger partial charge on any atom is 0.224 e. The summed E-state index contributed by atoms with van der Waals surface area (Å²) in [6, 6.07) is 5.72. The van der Waals surface area contributed by atoms with E-state index in [1.54, 1.807) is 7.11 Å². The third-order valence-corrected chi connectivity index (χ3v) is 4.36. The van der Waals surface area contributed by atoms with Crippen LogP contribution in [-0.4, -0.2) is 32.7 Å². The maximum absolute atomic E-state index is 12.0. The fourth-order valence-corrected chi connectivity index (χ4v) is 3.12. The lowest BCUT2D eigenvalue weighted by Crippen LogP contribution is -2.33. The zero-order valence-electron chi connectivity index (χ0n) is 12.5. The van der Waals surface area contributed by atoms with Crippen molar-refractivity contribution in [2.24, 2.45) is 5.92 Å². The molecule has 2 N–H and O–H groups in total. The minimum Gasteiger partial charge on any atom is -0.496 e. The predicted octanol–water partition coefficient (Wildman–Crippen LogP) is 2.51. The molecule has 0 aliphatic carbocycles. The Labute approximate surface area is 134 Å². The number of benzene rings is 1. The highest BCUT2D eigenvalue weighted by atomic mass is 79.9. The molecular weight excluding hydrogens is 332 g/mol. The molecule has 1 aliphatic rings. The van der Waals surface area contributed by atoms with Crippen LogP contribution in [0.2, 0.25) is 0 Å². The number of carbonyl (C=O) groups excluding carboxylic acids is 1. The molecule has 4 nitrogen and oxygen atoms in total. The van der Waals surface area contributed by atoms with E-state index in [0.717, 1.165) is 41.8 Å². The summed E-state index contributed by atoms with van der Waals surface area (Å²) in [6.07, 6.45) is 3.91. The van der Waals surface area contributed by atoms with E-state index < -0.39 is 0 Å². The summed E-state index contributed by atoms with van der Waals surface area (Å²) in [4.78, 5) is 12.0. The number of nitrogens with one attached hydrogen (secondary N) is 2. The molecule has 5 heteroatoms. The van der Waals surface area contributed by atoms with Gasteiger partial charge in [-0.2, -0.15) is 0 Å². The van der Waals surface area contributed by atoms with Crippen LogP contribution >= 0.6 is 15.9 Å². The van der Waals surface area contributed by atoms with Gasteiger partial charge in [-0.25, -0.2) is 0 Å². The molecule has 0 spiro atoms. The number of halogens is 1. The Morgan fingerprint density at radius 3 is 3.10 bits per heavy atom. The van der Waals surface area contributed by atoms with Crippen LogP contribution in [0.25, 0.3) is 0 Å². The topological polar surface area (TPSA) is 50.4 Å². The van der Waals surface area contributed by atoms with Gasteiger partial charge in [0, 0.05) is 16.6 Å². The van der Waals surface area contributed by atoms with Gasteiger partial charge in [-0.05, 0) is 56.5 Å². The molecule has 1 unspecified atom stereocenters. The highest BCUT2D eigenvalue weighted by Gasteiger charge is 2.13. The molecule has 1 atom stereocenters. The molecular formula is C16H23BrN2O2. The van der Waals surface area contributed by atoms with Crippen molar-refractivity contribution in [3.05, 3.63) is 28.2 Å². The highest BCUT2D eigenvalue weighted by Crippen LogP contribution is 2.23. The second-order valence-corrected chi connectivity index (χ2v) is 6.40. The monoisotopic (exact) mass is 354 g/mol. The van der Waals surface area contributed by atoms with E-state index in [1.807, 2.05) is 18.2 Å². The smallest absolute Gasteiger partial charge is 0.224 e. The van der Waals surface area contributed by atoms with Gasteiger partial charge in [-0.3, -0.25) is 4.79 Å². The standard InChI is InChI=1S/C16H23BrN2O2/c1-21-15-5-4-14(17)9-13(15)10-16(20)19-8-6-12-3-2-7-18-11-12/h4-5,9,12,18H,2-3,6-8,10-11H2,1H3,(H,19,20). The van der Waals surface area contributed by atoms with E-state index in [9.17, 15) is 4.79 Å².